The van der Waals surface area contributed by atoms with Crippen LogP contribution in [-0.2, 0) is 7.05 Å². The van der Waals surface area contributed by atoms with Gasteiger partial charge in [-0.3, -0.25) is 0 Å². The Balaban J connectivity index is 1.78. The van der Waals surface area contributed by atoms with E-state index in [2.05, 4.69) is 10.2 Å². The maximum atomic E-state index is 5.87. The van der Waals surface area contributed by atoms with Gasteiger partial charge in [-0.2, -0.15) is 0 Å². The van der Waals surface area contributed by atoms with Gasteiger partial charge in [0.2, 0.25) is 0 Å². The average Bonchev–Trinajstić information content (AvgIpc) is 2.66. The summed E-state index contributed by atoms with van der Waals surface area (Å²) >= 11 is 7.49. The first-order valence-corrected chi connectivity index (χ1v) is 6.90. The van der Waals surface area contributed by atoms with Crippen LogP contribution in [0.1, 0.15) is 5.82 Å². The fourth-order valence-corrected chi connectivity index (χ4v) is 2.32. The third-order valence-electron chi connectivity index (χ3n) is 2.43. The molecule has 0 unspecified atom stereocenters. The number of rotatable bonds is 5. The molecule has 0 bridgehead atoms. The van der Waals surface area contributed by atoms with E-state index in [4.69, 9.17) is 16.3 Å². The van der Waals surface area contributed by atoms with E-state index in [9.17, 15) is 0 Å². The molecule has 18 heavy (non-hydrogen) atoms. The van der Waals surface area contributed by atoms with Crippen molar-refractivity contribution in [2.45, 2.75) is 12.1 Å². The van der Waals surface area contributed by atoms with E-state index in [1.807, 2.05) is 36.7 Å². The number of ether oxygens (including phenoxy) is 1. The number of hydrogen-bond donors (Lipinski definition) is 0. The largest absolute Gasteiger partial charge is 0.493 e. The molecule has 0 radical (unpaired) electrons. The lowest BCUT2D eigenvalue weighted by Crippen LogP contribution is -2.01. The minimum absolute atomic E-state index is 0.608. The van der Waals surface area contributed by atoms with Gasteiger partial charge >= 0.3 is 0 Å². The second-order valence-corrected chi connectivity index (χ2v) is 5.24. The fraction of sp³-hybridized carbons (Fsp3) is 0.333. The summed E-state index contributed by atoms with van der Waals surface area (Å²) in [5.74, 6) is 2.52. The van der Waals surface area contributed by atoms with Gasteiger partial charge in [-0.05, 0) is 25.1 Å². The van der Waals surface area contributed by atoms with E-state index in [-0.39, 0.29) is 0 Å². The molecular formula is C12H14ClN3OS. The van der Waals surface area contributed by atoms with Crippen molar-refractivity contribution in [1.29, 1.82) is 0 Å². The molecule has 0 aliphatic heterocycles. The van der Waals surface area contributed by atoms with E-state index >= 15 is 0 Å². The summed E-state index contributed by atoms with van der Waals surface area (Å²) in [6, 6.07) is 7.39. The maximum absolute atomic E-state index is 5.87. The lowest BCUT2D eigenvalue weighted by molar-refractivity contribution is 0.344. The Labute approximate surface area is 115 Å². The molecule has 0 amide bonds. The van der Waals surface area contributed by atoms with Crippen LogP contribution >= 0.6 is 23.4 Å². The summed E-state index contributed by atoms with van der Waals surface area (Å²) in [5, 5.41) is 9.66. The van der Waals surface area contributed by atoms with Crippen LogP contribution in [0.15, 0.2) is 29.4 Å². The molecule has 0 saturated carbocycles. The van der Waals surface area contributed by atoms with Gasteiger partial charge in [0.1, 0.15) is 11.6 Å². The van der Waals surface area contributed by atoms with E-state index in [0.717, 1.165) is 22.5 Å². The van der Waals surface area contributed by atoms with Crippen molar-refractivity contribution in [3.8, 4) is 5.75 Å². The molecule has 1 aromatic carbocycles. The van der Waals surface area contributed by atoms with Gasteiger partial charge in [0.15, 0.2) is 5.16 Å². The zero-order valence-corrected chi connectivity index (χ0v) is 11.8. The van der Waals surface area contributed by atoms with Crippen LogP contribution in [0.4, 0.5) is 0 Å². The van der Waals surface area contributed by atoms with E-state index in [0.29, 0.717) is 11.6 Å². The van der Waals surface area contributed by atoms with Crippen molar-refractivity contribution in [3.63, 3.8) is 0 Å². The number of thioether (sulfide) groups is 1. The first-order chi connectivity index (χ1) is 8.66. The zero-order valence-electron chi connectivity index (χ0n) is 10.3. The molecule has 0 spiro atoms. The molecule has 1 heterocycles. The lowest BCUT2D eigenvalue weighted by Gasteiger charge is -2.06. The second kappa shape index (κ2) is 6.11. The van der Waals surface area contributed by atoms with Crippen molar-refractivity contribution in [2.75, 3.05) is 12.4 Å². The highest BCUT2D eigenvalue weighted by atomic mass is 35.5. The van der Waals surface area contributed by atoms with Crippen LogP contribution in [0.25, 0.3) is 0 Å². The Morgan fingerprint density at radius 1 is 1.39 bits per heavy atom. The third-order valence-corrected chi connectivity index (χ3v) is 3.65. The third kappa shape index (κ3) is 3.40. The van der Waals surface area contributed by atoms with Gasteiger partial charge in [-0.15, -0.1) is 10.2 Å². The highest BCUT2D eigenvalue weighted by Crippen LogP contribution is 2.19. The smallest absolute Gasteiger partial charge is 0.191 e. The Bertz CT molecular complexity index is 530. The van der Waals surface area contributed by atoms with Gasteiger partial charge in [-0.1, -0.05) is 29.4 Å². The van der Waals surface area contributed by atoms with Crippen molar-refractivity contribution in [2.24, 2.45) is 7.05 Å². The summed E-state index contributed by atoms with van der Waals surface area (Å²) in [5.41, 5.74) is 0. The van der Waals surface area contributed by atoms with Gasteiger partial charge in [-0.25, -0.2) is 0 Å². The Morgan fingerprint density at radius 2 is 2.22 bits per heavy atom. The summed E-state index contributed by atoms with van der Waals surface area (Å²) in [6.07, 6.45) is 0. The molecule has 0 aliphatic rings. The van der Waals surface area contributed by atoms with E-state index in [1.54, 1.807) is 17.8 Å². The van der Waals surface area contributed by atoms with E-state index in [1.165, 1.54) is 0 Å². The first-order valence-electron chi connectivity index (χ1n) is 5.54. The Hall–Kier alpha value is -1.20. The standard InChI is InChI=1S/C12H14ClN3OS/c1-9-14-15-12(16(9)2)18-7-6-17-11-5-3-4-10(13)8-11/h3-5,8H,6-7H2,1-2H3. The number of hydrogen-bond acceptors (Lipinski definition) is 4. The zero-order chi connectivity index (χ0) is 13.0. The molecule has 2 rings (SSSR count). The molecule has 1 aromatic heterocycles. The van der Waals surface area contributed by atoms with Crippen LogP contribution in [0.5, 0.6) is 5.75 Å². The molecule has 0 fully saturated rings. The van der Waals surface area contributed by atoms with Crippen LogP contribution < -0.4 is 4.74 Å². The molecule has 2 aromatic rings. The molecule has 0 saturated heterocycles. The average molecular weight is 284 g/mol. The van der Waals surface area contributed by atoms with Crippen molar-refractivity contribution in [1.82, 2.24) is 14.8 Å². The number of halogens is 1. The molecule has 0 aliphatic carbocycles. The summed E-state index contributed by atoms with van der Waals surface area (Å²) in [4.78, 5) is 0. The highest BCUT2D eigenvalue weighted by Gasteiger charge is 2.05. The predicted octanol–water partition coefficient (Wildman–Crippen LogP) is 2.95. The Kier molecular flexibility index (Phi) is 4.49. The SMILES string of the molecule is Cc1nnc(SCCOc2cccc(Cl)c2)n1C. The van der Waals surface area contributed by atoms with Crippen molar-refractivity contribution < 1.29 is 4.74 Å². The molecular weight excluding hydrogens is 270 g/mol. The van der Waals surface area contributed by atoms with Crippen LogP contribution in [0.2, 0.25) is 5.02 Å². The molecule has 6 heteroatoms. The number of aryl methyl sites for hydroxylation is 1. The molecule has 0 atom stereocenters. The molecule has 0 N–H and O–H groups in total. The Morgan fingerprint density at radius 3 is 2.89 bits per heavy atom. The quantitative estimate of drug-likeness (QED) is 0.625. The number of aromatic nitrogens is 3. The van der Waals surface area contributed by atoms with Gasteiger partial charge in [0, 0.05) is 17.8 Å². The van der Waals surface area contributed by atoms with Gasteiger partial charge in [0.05, 0.1) is 6.61 Å². The second-order valence-electron chi connectivity index (χ2n) is 3.74. The molecule has 96 valence electrons. The van der Waals surface area contributed by atoms with Crippen LogP contribution in [0.3, 0.4) is 0 Å². The summed E-state index contributed by atoms with van der Waals surface area (Å²) < 4.78 is 7.55. The van der Waals surface area contributed by atoms with Gasteiger partial charge in [0.25, 0.3) is 0 Å². The number of nitrogens with zero attached hydrogens (tertiary/aromatic N) is 3. The van der Waals surface area contributed by atoms with Crippen LogP contribution in [0, 0.1) is 6.92 Å². The highest BCUT2D eigenvalue weighted by molar-refractivity contribution is 7.99. The van der Waals surface area contributed by atoms with Crippen molar-refractivity contribution >= 4 is 23.4 Å². The maximum Gasteiger partial charge on any atom is 0.191 e. The topological polar surface area (TPSA) is 39.9 Å². The fourth-order valence-electron chi connectivity index (χ4n) is 1.36. The summed E-state index contributed by atoms with van der Waals surface area (Å²) in [7, 11) is 1.95. The minimum atomic E-state index is 0.608. The van der Waals surface area contributed by atoms with Crippen molar-refractivity contribution in [3.05, 3.63) is 35.1 Å². The first kappa shape index (κ1) is 13.2. The normalized spacial score (nSPS) is 10.6. The summed E-state index contributed by atoms with van der Waals surface area (Å²) in [6.45, 7) is 2.54. The minimum Gasteiger partial charge on any atom is -0.493 e. The molecule has 4 nitrogen and oxygen atoms in total. The number of benzene rings is 1. The monoisotopic (exact) mass is 283 g/mol. The predicted molar refractivity (Wildman–Crippen MR) is 73.4 cm³/mol. The van der Waals surface area contributed by atoms with Gasteiger partial charge < -0.3 is 9.30 Å². The van der Waals surface area contributed by atoms with Crippen LogP contribution in [-0.4, -0.2) is 27.1 Å². The van der Waals surface area contributed by atoms with E-state index < -0.39 is 0 Å². The lowest BCUT2D eigenvalue weighted by atomic mass is 10.3.